The number of alkyl halides is 7. The largest absolute Gasteiger partial charge is 0.435 e. The minimum Gasteiger partial charge on any atom is -0.340 e. The molecule has 1 heterocycles. The summed E-state index contributed by atoms with van der Waals surface area (Å²) in [6, 6.07) is 8.54. The quantitative estimate of drug-likeness (QED) is 0.324. The summed E-state index contributed by atoms with van der Waals surface area (Å²) in [4.78, 5) is 16.1. The number of halogens is 7. The molecule has 0 radical (unpaired) electrons. The third-order valence-electron chi connectivity index (χ3n) is 10.3. The number of fused-ring (bicyclic) bond motifs is 4. The summed E-state index contributed by atoms with van der Waals surface area (Å²) < 4.78 is 108. The van der Waals surface area contributed by atoms with Crippen molar-refractivity contribution in [2.24, 2.45) is 11.3 Å². The molecular formula is C31H32F7NO2S. The van der Waals surface area contributed by atoms with Crippen LogP contribution in [0.1, 0.15) is 73.6 Å². The number of hydrogen-bond acceptors (Lipinski definition) is 2. The topological polar surface area (TPSA) is 37.4 Å². The van der Waals surface area contributed by atoms with Crippen LogP contribution in [-0.4, -0.2) is 40.5 Å². The van der Waals surface area contributed by atoms with E-state index in [1.165, 1.54) is 0 Å². The van der Waals surface area contributed by atoms with E-state index in [2.05, 4.69) is 0 Å². The van der Waals surface area contributed by atoms with E-state index < -0.39 is 44.5 Å². The van der Waals surface area contributed by atoms with E-state index in [0.29, 0.717) is 22.9 Å². The van der Waals surface area contributed by atoms with Gasteiger partial charge in [-0.2, -0.15) is 26.3 Å². The second-order valence-electron chi connectivity index (χ2n) is 12.5. The standard InChI is InChI=1S/C31H32F7NO2S/c32-29(30(33,34)35,31(36,37)38)24-7-5-23(6-8-24)28(42(41)25-9-4-21-2-1-3-22(21)18-25)16-17-39(19-28)26(40)27-13-10-20(11-14-27)12-15-27/h4-9,18,20H,1-3,10-17,19H2. The molecule has 2 aromatic rings. The van der Waals surface area contributed by atoms with Gasteiger partial charge in [0.25, 0.3) is 0 Å². The summed E-state index contributed by atoms with van der Waals surface area (Å²) in [6.45, 7) is 0.278. The summed E-state index contributed by atoms with van der Waals surface area (Å²) >= 11 is 0. The zero-order valence-electron chi connectivity index (χ0n) is 22.9. The van der Waals surface area contributed by atoms with E-state index in [1.807, 2.05) is 12.1 Å². The summed E-state index contributed by atoms with van der Waals surface area (Å²) in [5.74, 6) is 0.626. The van der Waals surface area contributed by atoms with Gasteiger partial charge in [0.15, 0.2) is 0 Å². The Hall–Kier alpha value is -2.43. The van der Waals surface area contributed by atoms with Crippen molar-refractivity contribution in [3.63, 3.8) is 0 Å². The van der Waals surface area contributed by atoms with E-state index in [4.69, 9.17) is 0 Å². The van der Waals surface area contributed by atoms with Crippen LogP contribution in [0.2, 0.25) is 0 Å². The van der Waals surface area contributed by atoms with Gasteiger partial charge in [-0.1, -0.05) is 30.3 Å². The Morgan fingerprint density at radius 2 is 1.40 bits per heavy atom. The predicted molar refractivity (Wildman–Crippen MR) is 143 cm³/mol. The lowest BCUT2D eigenvalue weighted by Gasteiger charge is -2.47. The highest BCUT2D eigenvalue weighted by molar-refractivity contribution is 7.86. The smallest absolute Gasteiger partial charge is 0.340 e. The normalized spacial score (nSPS) is 28.6. The number of amides is 1. The molecule has 2 bridgehead atoms. The minimum absolute atomic E-state index is 0.0120. The molecule has 5 aliphatic rings. The van der Waals surface area contributed by atoms with Crippen molar-refractivity contribution < 1.29 is 39.7 Å². The van der Waals surface area contributed by atoms with Crippen LogP contribution >= 0.6 is 0 Å². The Morgan fingerprint density at radius 1 is 0.810 bits per heavy atom. The molecule has 1 aliphatic heterocycles. The Bertz CT molecular complexity index is 1370. The molecule has 2 atom stereocenters. The molecule has 4 aliphatic carbocycles. The Labute approximate surface area is 242 Å². The number of benzene rings is 2. The van der Waals surface area contributed by atoms with Crippen LogP contribution in [0, 0.1) is 11.3 Å². The summed E-state index contributed by atoms with van der Waals surface area (Å²) in [7, 11) is -1.80. The van der Waals surface area contributed by atoms with E-state index in [-0.39, 0.29) is 31.0 Å². The first-order valence-corrected chi connectivity index (χ1v) is 15.6. The average Bonchev–Trinajstić information content (AvgIpc) is 3.64. The third kappa shape index (κ3) is 4.51. The number of hydrogen-bond donors (Lipinski definition) is 0. The van der Waals surface area contributed by atoms with Gasteiger partial charge in [-0.3, -0.25) is 9.00 Å². The van der Waals surface area contributed by atoms with Gasteiger partial charge in [0, 0.05) is 29.0 Å². The Kier molecular flexibility index (Phi) is 7.10. The van der Waals surface area contributed by atoms with Gasteiger partial charge in [0.1, 0.15) is 0 Å². The fourth-order valence-electron chi connectivity index (χ4n) is 7.74. The summed E-state index contributed by atoms with van der Waals surface area (Å²) in [5, 5.41) is 0. The van der Waals surface area contributed by atoms with Crippen molar-refractivity contribution in [3.8, 4) is 0 Å². The molecule has 1 saturated heterocycles. The van der Waals surface area contributed by atoms with Crippen molar-refractivity contribution in [3.05, 3.63) is 64.7 Å². The molecule has 2 unspecified atom stereocenters. The van der Waals surface area contributed by atoms with Gasteiger partial charge in [0.05, 0.1) is 15.5 Å². The van der Waals surface area contributed by atoms with E-state index in [1.54, 1.807) is 11.0 Å². The summed E-state index contributed by atoms with van der Waals surface area (Å²) in [6.07, 6.45) is -4.25. The van der Waals surface area contributed by atoms with Crippen LogP contribution in [0.25, 0.3) is 0 Å². The Morgan fingerprint density at radius 3 is 2.00 bits per heavy atom. The third-order valence-corrected chi connectivity index (χ3v) is 12.3. The lowest BCUT2D eigenvalue weighted by molar-refractivity contribution is -0.348. The van der Waals surface area contributed by atoms with E-state index >= 15 is 0 Å². The van der Waals surface area contributed by atoms with E-state index in [0.717, 1.165) is 81.0 Å². The van der Waals surface area contributed by atoms with Gasteiger partial charge >= 0.3 is 18.0 Å². The molecule has 2 aromatic carbocycles. The number of carbonyl (C=O) groups is 1. The molecule has 0 aromatic heterocycles. The van der Waals surface area contributed by atoms with Crippen molar-refractivity contribution in [2.75, 3.05) is 13.1 Å². The zero-order valence-corrected chi connectivity index (χ0v) is 23.7. The zero-order chi connectivity index (χ0) is 30.1. The second kappa shape index (κ2) is 10.1. The summed E-state index contributed by atoms with van der Waals surface area (Å²) in [5.41, 5.74) is -5.18. The molecule has 42 heavy (non-hydrogen) atoms. The maximum absolute atomic E-state index is 14.8. The van der Waals surface area contributed by atoms with Crippen LogP contribution in [0.15, 0.2) is 47.4 Å². The maximum atomic E-state index is 14.8. The first kappa shape index (κ1) is 29.6. The van der Waals surface area contributed by atoms with Gasteiger partial charge < -0.3 is 4.90 Å². The number of nitrogens with zero attached hydrogens (tertiary/aromatic N) is 1. The number of aryl methyl sites for hydroxylation is 2. The van der Waals surface area contributed by atoms with E-state index in [9.17, 15) is 39.7 Å². The lowest BCUT2D eigenvalue weighted by atomic mass is 9.60. The fraction of sp³-hybridized carbons (Fsp3) is 0.581. The number of carbonyl (C=O) groups excluding carboxylic acids is 1. The molecule has 3 nitrogen and oxygen atoms in total. The first-order valence-electron chi connectivity index (χ1n) is 14.5. The maximum Gasteiger partial charge on any atom is 0.435 e. The van der Waals surface area contributed by atoms with Gasteiger partial charge in [-0.15, -0.1) is 0 Å². The molecule has 3 saturated carbocycles. The molecule has 4 fully saturated rings. The molecule has 0 spiro atoms. The molecule has 7 rings (SSSR count). The van der Waals surface area contributed by atoms with Gasteiger partial charge in [0.2, 0.25) is 5.91 Å². The van der Waals surface area contributed by atoms with Crippen LogP contribution in [0.5, 0.6) is 0 Å². The van der Waals surface area contributed by atoms with Crippen LogP contribution in [0.4, 0.5) is 30.7 Å². The predicted octanol–water partition coefficient (Wildman–Crippen LogP) is 7.67. The highest BCUT2D eigenvalue weighted by Gasteiger charge is 2.73. The van der Waals surface area contributed by atoms with Crippen molar-refractivity contribution >= 4 is 16.7 Å². The molecular weight excluding hydrogens is 583 g/mol. The van der Waals surface area contributed by atoms with Crippen LogP contribution in [0.3, 0.4) is 0 Å². The minimum atomic E-state index is -6.23. The molecule has 1 amide bonds. The number of likely N-dealkylation sites (tertiary alicyclic amines) is 1. The highest BCUT2D eigenvalue weighted by Crippen LogP contribution is 2.55. The molecule has 228 valence electrons. The Balaban J connectivity index is 1.38. The fourth-order valence-corrected chi connectivity index (χ4v) is 9.53. The first-order chi connectivity index (χ1) is 19.7. The number of rotatable bonds is 5. The van der Waals surface area contributed by atoms with Crippen LogP contribution in [-0.2, 0) is 38.9 Å². The highest BCUT2D eigenvalue weighted by atomic mass is 32.2. The monoisotopic (exact) mass is 615 g/mol. The molecule has 0 N–H and O–H groups in total. The molecule has 11 heteroatoms. The van der Waals surface area contributed by atoms with Crippen molar-refractivity contribution in [1.29, 1.82) is 0 Å². The van der Waals surface area contributed by atoms with Gasteiger partial charge in [-0.05, 0) is 98.9 Å². The average molecular weight is 616 g/mol. The SMILES string of the molecule is O=C(N1CCC(c2ccc(C(F)(C(F)(F)F)C(F)(F)F)cc2)(S(=O)c2ccc3c(c2)CCC3)C1)C12CCC(CC1)CC2. The van der Waals surface area contributed by atoms with Gasteiger partial charge in [-0.25, -0.2) is 4.39 Å². The van der Waals surface area contributed by atoms with Crippen LogP contribution < -0.4 is 0 Å². The van der Waals surface area contributed by atoms with Crippen molar-refractivity contribution in [2.45, 2.75) is 91.9 Å². The second-order valence-corrected chi connectivity index (χ2v) is 14.3. The van der Waals surface area contributed by atoms with Crippen molar-refractivity contribution in [1.82, 2.24) is 4.90 Å². The lowest BCUT2D eigenvalue weighted by Crippen LogP contribution is -2.50.